The number of nitrogens with zero attached hydrogens (tertiary/aromatic N) is 1. The van der Waals surface area contributed by atoms with Crippen molar-refractivity contribution < 1.29 is 9.59 Å². The van der Waals surface area contributed by atoms with Crippen LogP contribution in [0.2, 0.25) is 10.0 Å². The summed E-state index contributed by atoms with van der Waals surface area (Å²) in [7, 11) is 0. The molecule has 0 unspecified atom stereocenters. The molecule has 0 saturated carbocycles. The minimum Gasteiger partial charge on any atom is -0.356 e. The van der Waals surface area contributed by atoms with Crippen molar-refractivity contribution in [1.82, 2.24) is 10.2 Å². The molecule has 0 aliphatic carbocycles. The lowest BCUT2D eigenvalue weighted by Crippen LogP contribution is -2.48. The monoisotopic (exact) mass is 385 g/mol. The SMILES string of the molecule is CCCNC(=O)C1CCN([C@@H](C)C(=O)Nc2cc(Cl)ccc2Cl)CC1. The number of likely N-dealkylation sites (tertiary alicyclic amines) is 1. The van der Waals surface area contributed by atoms with Gasteiger partial charge >= 0.3 is 0 Å². The van der Waals surface area contributed by atoms with Crippen LogP contribution in [0.1, 0.15) is 33.1 Å². The molecule has 2 rings (SSSR count). The van der Waals surface area contributed by atoms with Crippen LogP contribution in [0, 0.1) is 5.92 Å². The van der Waals surface area contributed by atoms with Gasteiger partial charge in [0.2, 0.25) is 11.8 Å². The third-order valence-electron chi connectivity index (χ3n) is 4.56. The summed E-state index contributed by atoms with van der Waals surface area (Å²) >= 11 is 12.0. The molecule has 0 spiro atoms. The van der Waals surface area contributed by atoms with Crippen molar-refractivity contribution in [2.75, 3.05) is 25.0 Å². The molecule has 1 saturated heterocycles. The molecule has 5 nitrogen and oxygen atoms in total. The molecule has 0 bridgehead atoms. The van der Waals surface area contributed by atoms with E-state index in [9.17, 15) is 9.59 Å². The lowest BCUT2D eigenvalue weighted by Gasteiger charge is -2.34. The molecule has 0 radical (unpaired) electrons. The molecule has 1 aliphatic rings. The molecule has 1 aromatic carbocycles. The number of carbonyl (C=O) groups is 2. The van der Waals surface area contributed by atoms with Crippen LogP contribution in [0.15, 0.2) is 18.2 Å². The molecule has 1 heterocycles. The smallest absolute Gasteiger partial charge is 0.241 e. The van der Waals surface area contributed by atoms with E-state index < -0.39 is 0 Å². The Bertz CT molecular complexity index is 616. The Morgan fingerprint density at radius 3 is 2.60 bits per heavy atom. The van der Waals surface area contributed by atoms with Crippen molar-refractivity contribution in [2.45, 2.75) is 39.2 Å². The number of benzene rings is 1. The van der Waals surface area contributed by atoms with Crippen LogP contribution in [-0.4, -0.2) is 42.4 Å². The second-order valence-corrected chi connectivity index (χ2v) is 7.23. The number of piperidine rings is 1. The van der Waals surface area contributed by atoms with Crippen LogP contribution in [0.25, 0.3) is 0 Å². The lowest BCUT2D eigenvalue weighted by atomic mass is 9.95. The first-order valence-electron chi connectivity index (χ1n) is 8.70. The topological polar surface area (TPSA) is 61.4 Å². The third-order valence-corrected chi connectivity index (χ3v) is 5.13. The molecule has 25 heavy (non-hydrogen) atoms. The summed E-state index contributed by atoms with van der Waals surface area (Å²) in [6.45, 7) is 6.07. The van der Waals surface area contributed by atoms with Crippen LogP contribution < -0.4 is 10.6 Å². The lowest BCUT2D eigenvalue weighted by molar-refractivity contribution is -0.127. The fourth-order valence-corrected chi connectivity index (χ4v) is 3.27. The highest BCUT2D eigenvalue weighted by atomic mass is 35.5. The van der Waals surface area contributed by atoms with Gasteiger partial charge in [0.15, 0.2) is 0 Å². The molecule has 2 amide bonds. The number of hydrogen-bond acceptors (Lipinski definition) is 3. The van der Waals surface area contributed by atoms with Crippen molar-refractivity contribution in [3.05, 3.63) is 28.2 Å². The maximum absolute atomic E-state index is 12.5. The first-order valence-corrected chi connectivity index (χ1v) is 9.45. The van der Waals surface area contributed by atoms with Gasteiger partial charge in [-0.25, -0.2) is 0 Å². The van der Waals surface area contributed by atoms with Gasteiger partial charge in [0.1, 0.15) is 0 Å². The fraction of sp³-hybridized carbons (Fsp3) is 0.556. The van der Waals surface area contributed by atoms with Crippen molar-refractivity contribution in [1.29, 1.82) is 0 Å². The van der Waals surface area contributed by atoms with E-state index in [-0.39, 0.29) is 23.8 Å². The maximum Gasteiger partial charge on any atom is 0.241 e. The summed E-state index contributed by atoms with van der Waals surface area (Å²) in [5.74, 6) is 0.0443. The molecule has 1 fully saturated rings. The molecule has 7 heteroatoms. The summed E-state index contributed by atoms with van der Waals surface area (Å²) < 4.78 is 0. The van der Waals surface area contributed by atoms with E-state index in [4.69, 9.17) is 23.2 Å². The quantitative estimate of drug-likeness (QED) is 0.786. The van der Waals surface area contributed by atoms with E-state index in [1.54, 1.807) is 18.2 Å². The zero-order valence-corrected chi connectivity index (χ0v) is 16.2. The zero-order valence-electron chi connectivity index (χ0n) is 14.6. The number of amides is 2. The Hall–Kier alpha value is -1.30. The predicted molar refractivity (Wildman–Crippen MR) is 102 cm³/mol. The molecule has 1 atom stereocenters. The summed E-state index contributed by atoms with van der Waals surface area (Å²) in [5.41, 5.74) is 0.514. The Morgan fingerprint density at radius 1 is 1.28 bits per heavy atom. The Balaban J connectivity index is 1.87. The Labute approximate surface area is 159 Å². The van der Waals surface area contributed by atoms with Crippen LogP contribution in [0.4, 0.5) is 5.69 Å². The molecule has 1 aliphatic heterocycles. The number of halogens is 2. The molecular weight excluding hydrogens is 361 g/mol. The average Bonchev–Trinajstić information content (AvgIpc) is 2.62. The summed E-state index contributed by atoms with van der Waals surface area (Å²) in [6, 6.07) is 4.68. The van der Waals surface area contributed by atoms with Gasteiger partial charge in [0.05, 0.1) is 16.8 Å². The molecule has 2 N–H and O–H groups in total. The maximum atomic E-state index is 12.5. The number of rotatable bonds is 6. The Kier molecular flexibility index (Phi) is 7.54. The van der Waals surface area contributed by atoms with Crippen LogP contribution >= 0.6 is 23.2 Å². The van der Waals surface area contributed by atoms with Crippen molar-refractivity contribution in [3.8, 4) is 0 Å². The fourth-order valence-electron chi connectivity index (χ4n) is 2.94. The zero-order chi connectivity index (χ0) is 18.4. The summed E-state index contributed by atoms with van der Waals surface area (Å²) in [5, 5.41) is 6.76. The molecule has 138 valence electrons. The molecule has 1 aromatic rings. The van der Waals surface area contributed by atoms with Gasteiger partial charge < -0.3 is 10.6 Å². The van der Waals surface area contributed by atoms with E-state index in [0.29, 0.717) is 15.7 Å². The normalized spacial score (nSPS) is 17.1. The number of carbonyl (C=O) groups excluding carboxylic acids is 2. The minimum absolute atomic E-state index is 0.0421. The van der Waals surface area contributed by atoms with E-state index in [2.05, 4.69) is 15.5 Å². The highest BCUT2D eigenvalue weighted by Gasteiger charge is 2.29. The van der Waals surface area contributed by atoms with Gasteiger partial charge in [-0.3, -0.25) is 14.5 Å². The molecule has 0 aromatic heterocycles. The van der Waals surface area contributed by atoms with E-state index in [1.807, 2.05) is 13.8 Å². The number of hydrogen-bond donors (Lipinski definition) is 2. The van der Waals surface area contributed by atoms with Crippen LogP contribution in [0.3, 0.4) is 0 Å². The second kappa shape index (κ2) is 9.41. The summed E-state index contributed by atoms with van der Waals surface area (Å²) in [4.78, 5) is 26.6. The van der Waals surface area contributed by atoms with Crippen LogP contribution in [-0.2, 0) is 9.59 Å². The largest absolute Gasteiger partial charge is 0.356 e. The van der Waals surface area contributed by atoms with Crippen LogP contribution in [0.5, 0.6) is 0 Å². The van der Waals surface area contributed by atoms with Gasteiger partial charge in [0, 0.05) is 17.5 Å². The number of nitrogens with one attached hydrogen (secondary N) is 2. The van der Waals surface area contributed by atoms with Crippen molar-refractivity contribution in [2.24, 2.45) is 5.92 Å². The van der Waals surface area contributed by atoms with E-state index in [1.165, 1.54) is 0 Å². The minimum atomic E-state index is -0.297. The van der Waals surface area contributed by atoms with E-state index in [0.717, 1.165) is 38.9 Å². The summed E-state index contributed by atoms with van der Waals surface area (Å²) in [6.07, 6.45) is 2.48. The third kappa shape index (κ3) is 5.59. The Morgan fingerprint density at radius 2 is 1.96 bits per heavy atom. The molecular formula is C18H25Cl2N3O2. The van der Waals surface area contributed by atoms with Gasteiger partial charge in [0.25, 0.3) is 0 Å². The predicted octanol–water partition coefficient (Wildman–Crippen LogP) is 3.56. The highest BCUT2D eigenvalue weighted by molar-refractivity contribution is 6.35. The van der Waals surface area contributed by atoms with E-state index >= 15 is 0 Å². The van der Waals surface area contributed by atoms with Crippen molar-refractivity contribution in [3.63, 3.8) is 0 Å². The standard InChI is InChI=1S/C18H25Cl2N3O2/c1-3-8-21-18(25)13-6-9-23(10-7-13)12(2)17(24)22-16-11-14(19)4-5-15(16)20/h4-5,11-13H,3,6-10H2,1-2H3,(H,21,25)(H,22,24)/t12-/m0/s1. The van der Waals surface area contributed by atoms with Gasteiger partial charge in [-0.05, 0) is 57.5 Å². The second-order valence-electron chi connectivity index (χ2n) is 6.39. The van der Waals surface area contributed by atoms with Gasteiger partial charge in [-0.15, -0.1) is 0 Å². The number of anilines is 1. The van der Waals surface area contributed by atoms with Gasteiger partial charge in [-0.1, -0.05) is 30.1 Å². The first kappa shape index (κ1) is 20.0. The van der Waals surface area contributed by atoms with Crippen molar-refractivity contribution >= 4 is 40.7 Å². The average molecular weight is 386 g/mol. The first-order chi connectivity index (χ1) is 11.9. The van der Waals surface area contributed by atoms with Gasteiger partial charge in [-0.2, -0.15) is 0 Å². The highest BCUT2D eigenvalue weighted by Crippen LogP contribution is 2.26.